The van der Waals surface area contributed by atoms with Gasteiger partial charge in [0.15, 0.2) is 10.9 Å². The summed E-state index contributed by atoms with van der Waals surface area (Å²) in [5, 5.41) is 6.95. The predicted octanol–water partition coefficient (Wildman–Crippen LogP) is 2.36. The van der Waals surface area contributed by atoms with E-state index in [2.05, 4.69) is 10.3 Å². The normalized spacial score (nSPS) is 19.0. The highest BCUT2D eigenvalue weighted by molar-refractivity contribution is 7.14. The van der Waals surface area contributed by atoms with Crippen LogP contribution < -0.4 is 5.32 Å². The van der Waals surface area contributed by atoms with Gasteiger partial charge in [-0.1, -0.05) is 6.07 Å². The molecule has 26 heavy (non-hydrogen) atoms. The largest absolute Gasteiger partial charge is 0.347 e. The Hall–Kier alpha value is -1.81. The smallest absolute Gasteiger partial charge is 0.267 e. The van der Waals surface area contributed by atoms with E-state index in [0.29, 0.717) is 54.8 Å². The zero-order valence-corrected chi connectivity index (χ0v) is 15.7. The van der Waals surface area contributed by atoms with Gasteiger partial charge in [0.2, 0.25) is 5.91 Å². The van der Waals surface area contributed by atoms with Gasteiger partial charge in [-0.3, -0.25) is 14.9 Å². The summed E-state index contributed by atoms with van der Waals surface area (Å²) in [6.07, 6.45) is 1.65. The number of carbonyl (C=O) groups is 2. The van der Waals surface area contributed by atoms with Gasteiger partial charge in [0.25, 0.3) is 5.91 Å². The average Bonchev–Trinajstić information content (AvgIpc) is 3.38. The maximum Gasteiger partial charge on any atom is 0.267 e. The van der Waals surface area contributed by atoms with Gasteiger partial charge >= 0.3 is 0 Å². The van der Waals surface area contributed by atoms with E-state index in [4.69, 9.17) is 9.47 Å². The van der Waals surface area contributed by atoms with Gasteiger partial charge in [0.1, 0.15) is 0 Å². The second kappa shape index (κ2) is 7.43. The van der Waals surface area contributed by atoms with Crippen molar-refractivity contribution in [1.29, 1.82) is 0 Å². The van der Waals surface area contributed by atoms with Crippen LogP contribution in [0.1, 0.15) is 28.2 Å². The lowest BCUT2D eigenvalue weighted by Gasteiger charge is -2.37. The Kier molecular flexibility index (Phi) is 5.03. The first-order valence-electron chi connectivity index (χ1n) is 8.49. The molecule has 9 heteroatoms. The molecule has 4 heterocycles. The van der Waals surface area contributed by atoms with E-state index in [9.17, 15) is 9.59 Å². The number of ether oxygens (including phenoxy) is 2. The van der Waals surface area contributed by atoms with Gasteiger partial charge < -0.3 is 14.4 Å². The first-order valence-corrected chi connectivity index (χ1v) is 10.2. The molecule has 1 spiro atoms. The molecule has 4 rings (SSSR count). The van der Waals surface area contributed by atoms with Crippen LogP contribution in [-0.4, -0.2) is 53.8 Å². The van der Waals surface area contributed by atoms with E-state index < -0.39 is 5.79 Å². The van der Waals surface area contributed by atoms with Crippen LogP contribution in [0.2, 0.25) is 0 Å². The molecule has 2 aliphatic heterocycles. The van der Waals surface area contributed by atoms with E-state index in [1.165, 1.54) is 22.7 Å². The molecule has 7 nitrogen and oxygen atoms in total. The van der Waals surface area contributed by atoms with Gasteiger partial charge in [0.05, 0.1) is 30.2 Å². The van der Waals surface area contributed by atoms with Crippen molar-refractivity contribution in [3.05, 3.63) is 33.5 Å². The number of likely N-dealkylation sites (tertiary alicyclic amines) is 1. The van der Waals surface area contributed by atoms with E-state index in [1.54, 1.807) is 6.07 Å². The number of anilines is 1. The molecular formula is C17H19N3O4S2. The molecule has 1 N–H and O–H groups in total. The average molecular weight is 393 g/mol. The van der Waals surface area contributed by atoms with Gasteiger partial charge in [-0.05, 0) is 11.4 Å². The number of thiophene rings is 1. The molecule has 2 saturated heterocycles. The zero-order chi connectivity index (χ0) is 18.0. The number of carbonyl (C=O) groups excluding carboxylic acids is 2. The number of rotatable bonds is 4. The van der Waals surface area contributed by atoms with E-state index >= 15 is 0 Å². The molecular weight excluding hydrogens is 374 g/mol. The van der Waals surface area contributed by atoms with Crippen LogP contribution >= 0.6 is 22.7 Å². The standard InChI is InChI=1S/C17H19N3O4S2/c21-14(20-5-3-17(4-6-20)23-7-8-24-17)10-12-11-26-16(18-12)19-15(22)13-2-1-9-25-13/h1-2,9,11H,3-8,10H2,(H,18,19,22). The maximum atomic E-state index is 12.5. The molecule has 138 valence electrons. The van der Waals surface area contributed by atoms with Gasteiger partial charge in [-0.2, -0.15) is 0 Å². The highest BCUT2D eigenvalue weighted by atomic mass is 32.1. The number of nitrogens with zero attached hydrogens (tertiary/aromatic N) is 2. The fourth-order valence-electron chi connectivity index (χ4n) is 3.16. The van der Waals surface area contributed by atoms with Gasteiger partial charge in [-0.25, -0.2) is 4.98 Å². The second-order valence-electron chi connectivity index (χ2n) is 6.24. The van der Waals surface area contributed by atoms with Crippen molar-refractivity contribution in [3.63, 3.8) is 0 Å². The van der Waals surface area contributed by atoms with Gasteiger partial charge in [-0.15, -0.1) is 22.7 Å². The fraction of sp³-hybridized carbons (Fsp3) is 0.471. The number of thiazole rings is 1. The minimum Gasteiger partial charge on any atom is -0.347 e. The molecule has 2 aliphatic rings. The monoisotopic (exact) mass is 393 g/mol. The van der Waals surface area contributed by atoms with E-state index in [1.807, 2.05) is 21.7 Å². The fourth-order valence-corrected chi connectivity index (χ4v) is 4.49. The second-order valence-corrected chi connectivity index (χ2v) is 8.05. The minimum absolute atomic E-state index is 0.0410. The zero-order valence-electron chi connectivity index (χ0n) is 14.1. The SMILES string of the molecule is O=C(Nc1nc(CC(=O)N2CCC3(CC2)OCCO3)cs1)c1cccs1. The number of nitrogens with one attached hydrogen (secondary N) is 1. The molecule has 2 aromatic rings. The lowest BCUT2D eigenvalue weighted by Crippen LogP contribution is -2.47. The predicted molar refractivity (Wildman–Crippen MR) is 98.5 cm³/mol. The third kappa shape index (κ3) is 3.80. The van der Waals surface area contributed by atoms with Crippen LogP contribution in [-0.2, 0) is 20.7 Å². The molecule has 0 saturated carbocycles. The molecule has 0 bridgehead atoms. The molecule has 0 atom stereocenters. The lowest BCUT2D eigenvalue weighted by atomic mass is 10.0. The summed E-state index contributed by atoms with van der Waals surface area (Å²) in [6.45, 7) is 2.52. The van der Waals surface area contributed by atoms with Crippen LogP contribution in [0.25, 0.3) is 0 Å². The van der Waals surface area contributed by atoms with Crippen molar-refractivity contribution < 1.29 is 19.1 Å². The minimum atomic E-state index is -0.476. The molecule has 0 unspecified atom stereocenters. The Balaban J connectivity index is 1.30. The Morgan fingerprint density at radius 3 is 2.69 bits per heavy atom. The number of hydrogen-bond acceptors (Lipinski definition) is 7. The Morgan fingerprint density at radius 1 is 1.23 bits per heavy atom. The number of aromatic nitrogens is 1. The summed E-state index contributed by atoms with van der Waals surface area (Å²) < 4.78 is 11.4. The lowest BCUT2D eigenvalue weighted by molar-refractivity contribution is -0.187. The number of piperidine rings is 1. The van der Waals surface area contributed by atoms with E-state index in [-0.39, 0.29) is 18.2 Å². The Morgan fingerprint density at radius 2 is 2.00 bits per heavy atom. The van der Waals surface area contributed by atoms with Crippen molar-refractivity contribution in [2.24, 2.45) is 0 Å². The molecule has 2 fully saturated rings. The van der Waals surface area contributed by atoms with Crippen molar-refractivity contribution >= 4 is 39.6 Å². The summed E-state index contributed by atoms with van der Waals surface area (Å²) in [7, 11) is 0. The first-order chi connectivity index (χ1) is 12.6. The third-order valence-corrected chi connectivity index (χ3v) is 6.22. The molecule has 0 aromatic carbocycles. The number of amides is 2. The summed E-state index contributed by atoms with van der Waals surface area (Å²) in [6, 6.07) is 3.59. The number of hydrogen-bond donors (Lipinski definition) is 1. The topological polar surface area (TPSA) is 80.8 Å². The van der Waals surface area contributed by atoms with Gasteiger partial charge in [0, 0.05) is 31.3 Å². The van der Waals surface area contributed by atoms with Crippen molar-refractivity contribution in [2.75, 3.05) is 31.6 Å². The van der Waals surface area contributed by atoms with Crippen LogP contribution in [0.4, 0.5) is 5.13 Å². The quantitative estimate of drug-likeness (QED) is 0.863. The highest BCUT2D eigenvalue weighted by Crippen LogP contribution is 2.31. The first kappa shape index (κ1) is 17.6. The van der Waals surface area contributed by atoms with Crippen LogP contribution in [0.5, 0.6) is 0 Å². The van der Waals surface area contributed by atoms with Crippen molar-refractivity contribution in [1.82, 2.24) is 9.88 Å². The summed E-state index contributed by atoms with van der Waals surface area (Å²) in [5.74, 6) is -0.610. The van der Waals surface area contributed by atoms with Crippen molar-refractivity contribution in [3.8, 4) is 0 Å². The van der Waals surface area contributed by atoms with Crippen LogP contribution in [0, 0.1) is 0 Å². The van der Waals surface area contributed by atoms with E-state index in [0.717, 1.165) is 0 Å². The molecule has 0 aliphatic carbocycles. The summed E-state index contributed by atoms with van der Waals surface area (Å²) >= 11 is 2.71. The van der Waals surface area contributed by atoms with Crippen molar-refractivity contribution in [2.45, 2.75) is 25.0 Å². The van der Waals surface area contributed by atoms with Crippen LogP contribution in [0.3, 0.4) is 0 Å². The maximum absolute atomic E-state index is 12.5. The molecule has 2 amide bonds. The summed E-state index contributed by atoms with van der Waals surface area (Å²) in [4.78, 5) is 31.4. The highest BCUT2D eigenvalue weighted by Gasteiger charge is 2.40. The Bertz CT molecular complexity index is 774. The van der Waals surface area contributed by atoms with Crippen LogP contribution in [0.15, 0.2) is 22.9 Å². The third-order valence-electron chi connectivity index (χ3n) is 4.54. The molecule has 0 radical (unpaired) electrons. The Labute approximate surface area is 158 Å². The molecule has 2 aromatic heterocycles. The summed E-state index contributed by atoms with van der Waals surface area (Å²) in [5.41, 5.74) is 0.676.